The molecule has 0 unspecified atom stereocenters. The Hall–Kier alpha value is 0.240. The molecule has 72 valence electrons. The van der Waals surface area contributed by atoms with Gasteiger partial charge in [0.15, 0.2) is 0 Å². The van der Waals surface area contributed by atoms with Gasteiger partial charge >= 0.3 is 0 Å². The Labute approximate surface area is 78.7 Å². The summed E-state index contributed by atoms with van der Waals surface area (Å²) in [6.45, 7) is 4.34. The summed E-state index contributed by atoms with van der Waals surface area (Å²) in [7, 11) is 1.97. The van der Waals surface area contributed by atoms with Crippen molar-refractivity contribution in [3.8, 4) is 0 Å². The first-order valence-electron chi connectivity index (χ1n) is 4.25. The normalized spacial score (nSPS) is 25.6. The van der Waals surface area contributed by atoms with Crippen molar-refractivity contribution in [2.45, 2.75) is 44.8 Å². The molecule has 4 heteroatoms. The smallest absolute Gasteiger partial charge is 0.212 e. The minimum absolute atomic E-state index is 0.299. The molecular formula is C8H15ClO2S. The standard InChI is InChI=1S/C8H15ClO2S/c1-8(2)5-3-7(4-6-8)12(9,10)11/h7H,3-6H2,1-2H3. The lowest BCUT2D eigenvalue weighted by molar-refractivity contribution is 0.246. The van der Waals surface area contributed by atoms with Crippen molar-refractivity contribution in [1.29, 1.82) is 0 Å². The van der Waals surface area contributed by atoms with E-state index < -0.39 is 9.05 Å². The minimum Gasteiger partial charge on any atom is -0.212 e. The van der Waals surface area contributed by atoms with Crippen LogP contribution >= 0.6 is 10.7 Å². The molecule has 0 saturated heterocycles. The van der Waals surface area contributed by atoms with Gasteiger partial charge in [0.25, 0.3) is 0 Å². The summed E-state index contributed by atoms with van der Waals surface area (Å²) in [6, 6.07) is 0. The van der Waals surface area contributed by atoms with Crippen LogP contribution in [0.4, 0.5) is 0 Å². The molecule has 0 atom stereocenters. The van der Waals surface area contributed by atoms with E-state index in [1.807, 2.05) is 0 Å². The van der Waals surface area contributed by atoms with Crippen LogP contribution in [0.5, 0.6) is 0 Å². The number of hydrogen-bond acceptors (Lipinski definition) is 2. The SMILES string of the molecule is CC1(C)CCC(S(=O)(=O)Cl)CC1. The van der Waals surface area contributed by atoms with Crippen LogP contribution in [0.15, 0.2) is 0 Å². The lowest BCUT2D eigenvalue weighted by Gasteiger charge is -2.32. The largest absolute Gasteiger partial charge is 0.235 e. The van der Waals surface area contributed by atoms with Gasteiger partial charge in [-0.2, -0.15) is 0 Å². The third-order valence-electron chi connectivity index (χ3n) is 2.68. The predicted octanol–water partition coefficient (Wildman–Crippen LogP) is 2.52. The van der Waals surface area contributed by atoms with Crippen molar-refractivity contribution < 1.29 is 8.42 Å². The first-order chi connectivity index (χ1) is 5.31. The molecule has 12 heavy (non-hydrogen) atoms. The summed E-state index contributed by atoms with van der Waals surface area (Å²) < 4.78 is 21.9. The fourth-order valence-electron chi connectivity index (χ4n) is 1.65. The number of hydrogen-bond donors (Lipinski definition) is 0. The molecule has 0 radical (unpaired) electrons. The highest BCUT2D eigenvalue weighted by molar-refractivity contribution is 8.14. The van der Waals surface area contributed by atoms with Crippen molar-refractivity contribution in [3.05, 3.63) is 0 Å². The molecule has 0 aromatic heterocycles. The second-order valence-electron chi connectivity index (χ2n) is 4.34. The van der Waals surface area contributed by atoms with Crippen LogP contribution in [0.1, 0.15) is 39.5 Å². The quantitative estimate of drug-likeness (QED) is 0.624. The van der Waals surface area contributed by atoms with Crippen molar-refractivity contribution in [2.24, 2.45) is 5.41 Å². The summed E-state index contributed by atoms with van der Waals surface area (Å²) >= 11 is 0. The third kappa shape index (κ3) is 2.63. The zero-order valence-corrected chi connectivity index (χ0v) is 9.08. The maximum absolute atomic E-state index is 11.0. The van der Waals surface area contributed by atoms with Crippen LogP contribution in [-0.4, -0.2) is 13.7 Å². The Morgan fingerprint density at radius 3 is 2.00 bits per heavy atom. The molecule has 2 nitrogen and oxygen atoms in total. The zero-order chi connectivity index (χ0) is 9.41. The van der Waals surface area contributed by atoms with E-state index in [1.54, 1.807) is 0 Å². The molecule has 0 aromatic rings. The van der Waals surface area contributed by atoms with Crippen molar-refractivity contribution >= 4 is 19.7 Å². The van der Waals surface area contributed by atoms with Gasteiger partial charge < -0.3 is 0 Å². The predicted molar refractivity (Wildman–Crippen MR) is 50.8 cm³/mol. The third-order valence-corrected chi connectivity index (χ3v) is 4.71. The maximum atomic E-state index is 11.0. The minimum atomic E-state index is -3.30. The van der Waals surface area contributed by atoms with E-state index in [9.17, 15) is 8.42 Å². The lowest BCUT2D eigenvalue weighted by Crippen LogP contribution is -2.28. The summed E-state index contributed by atoms with van der Waals surface area (Å²) in [5, 5.41) is -0.299. The molecule has 1 aliphatic carbocycles. The molecule has 1 aliphatic rings. The second kappa shape index (κ2) is 3.18. The molecule has 0 heterocycles. The van der Waals surface area contributed by atoms with Crippen LogP contribution in [-0.2, 0) is 9.05 Å². The molecule has 0 N–H and O–H groups in total. The Morgan fingerprint density at radius 1 is 1.25 bits per heavy atom. The van der Waals surface area contributed by atoms with Crippen molar-refractivity contribution in [1.82, 2.24) is 0 Å². The molecular weight excluding hydrogens is 196 g/mol. The van der Waals surface area contributed by atoms with Crippen molar-refractivity contribution in [2.75, 3.05) is 0 Å². The van der Waals surface area contributed by atoms with Crippen LogP contribution in [0.2, 0.25) is 0 Å². The van der Waals surface area contributed by atoms with Crippen LogP contribution in [0, 0.1) is 5.41 Å². The van der Waals surface area contributed by atoms with Gasteiger partial charge in [0, 0.05) is 10.7 Å². The molecule has 0 aromatic carbocycles. The van der Waals surface area contributed by atoms with Gasteiger partial charge in [-0.05, 0) is 31.1 Å². The van der Waals surface area contributed by atoms with Crippen LogP contribution in [0.25, 0.3) is 0 Å². The van der Waals surface area contributed by atoms with Gasteiger partial charge in [0.1, 0.15) is 0 Å². The van der Waals surface area contributed by atoms with E-state index in [0.717, 1.165) is 25.7 Å². The van der Waals surface area contributed by atoms with E-state index in [-0.39, 0.29) is 5.25 Å². The Morgan fingerprint density at radius 2 is 1.67 bits per heavy atom. The number of halogens is 1. The van der Waals surface area contributed by atoms with Gasteiger partial charge in [-0.3, -0.25) is 0 Å². The van der Waals surface area contributed by atoms with E-state index in [4.69, 9.17) is 10.7 Å². The average molecular weight is 211 g/mol. The van der Waals surface area contributed by atoms with Gasteiger partial charge in [0.05, 0.1) is 5.25 Å². The Balaban J connectivity index is 2.59. The fourth-order valence-corrected chi connectivity index (χ4v) is 2.99. The van der Waals surface area contributed by atoms with Gasteiger partial charge in [-0.25, -0.2) is 8.42 Å². The monoisotopic (exact) mass is 210 g/mol. The number of rotatable bonds is 1. The van der Waals surface area contributed by atoms with Gasteiger partial charge in [-0.1, -0.05) is 13.8 Å². The highest BCUT2D eigenvalue weighted by Gasteiger charge is 2.32. The first kappa shape index (κ1) is 10.3. The lowest BCUT2D eigenvalue weighted by atomic mass is 9.77. The van der Waals surface area contributed by atoms with Crippen molar-refractivity contribution in [3.63, 3.8) is 0 Å². The summed E-state index contributed by atoms with van der Waals surface area (Å²) in [6.07, 6.45) is 3.37. The topological polar surface area (TPSA) is 34.1 Å². The summed E-state index contributed by atoms with van der Waals surface area (Å²) in [4.78, 5) is 0. The Kier molecular flexibility index (Phi) is 2.74. The second-order valence-corrected chi connectivity index (χ2v) is 7.25. The fraction of sp³-hybridized carbons (Fsp3) is 1.00. The average Bonchev–Trinajstić information content (AvgIpc) is 1.83. The first-order valence-corrected chi connectivity index (χ1v) is 6.62. The Bertz CT molecular complexity index is 246. The van der Waals surface area contributed by atoms with Crippen LogP contribution < -0.4 is 0 Å². The van der Waals surface area contributed by atoms with E-state index in [1.165, 1.54) is 0 Å². The summed E-state index contributed by atoms with van der Waals surface area (Å²) in [5.41, 5.74) is 0.304. The molecule has 1 fully saturated rings. The highest BCUT2D eigenvalue weighted by atomic mass is 35.7. The maximum Gasteiger partial charge on any atom is 0.235 e. The zero-order valence-electron chi connectivity index (χ0n) is 7.51. The van der Waals surface area contributed by atoms with E-state index >= 15 is 0 Å². The molecule has 0 spiro atoms. The molecule has 1 saturated carbocycles. The van der Waals surface area contributed by atoms with Crippen LogP contribution in [0.3, 0.4) is 0 Å². The van der Waals surface area contributed by atoms with E-state index in [0.29, 0.717) is 5.41 Å². The molecule has 0 amide bonds. The molecule has 0 bridgehead atoms. The van der Waals surface area contributed by atoms with Gasteiger partial charge in [0.2, 0.25) is 9.05 Å². The molecule has 0 aliphatic heterocycles. The summed E-state index contributed by atoms with van der Waals surface area (Å²) in [5.74, 6) is 0. The molecule has 1 rings (SSSR count). The highest BCUT2D eigenvalue weighted by Crippen LogP contribution is 2.38. The van der Waals surface area contributed by atoms with E-state index in [2.05, 4.69) is 13.8 Å². The van der Waals surface area contributed by atoms with Gasteiger partial charge in [-0.15, -0.1) is 0 Å².